The lowest BCUT2D eigenvalue weighted by atomic mass is 10.0. The molecule has 1 unspecified atom stereocenters. The van der Waals surface area contributed by atoms with Crippen molar-refractivity contribution >= 4 is 0 Å². The van der Waals surface area contributed by atoms with Crippen LogP contribution in [0.15, 0.2) is 12.4 Å². The number of unbranched alkanes of at least 4 members (excludes halogenated alkanes) is 32. The first-order chi connectivity index (χ1) is 22.8. The molecule has 0 N–H and O–H groups in total. The lowest BCUT2D eigenvalue weighted by Crippen LogP contribution is -2.39. The second kappa shape index (κ2) is 35.6. The molecule has 0 saturated heterocycles. The van der Waals surface area contributed by atoms with Gasteiger partial charge in [0.1, 0.15) is 6.17 Å². The minimum atomic E-state index is 0.638. The summed E-state index contributed by atoms with van der Waals surface area (Å²) in [7, 11) is 0. The third-order valence-corrected chi connectivity index (χ3v) is 10.8. The number of hydrogen-bond donors (Lipinski definition) is 0. The first-order valence-corrected chi connectivity index (χ1v) is 22.0. The zero-order valence-corrected chi connectivity index (χ0v) is 32.5. The van der Waals surface area contributed by atoms with E-state index in [1.807, 2.05) is 0 Å². The first-order valence-electron chi connectivity index (χ1n) is 22.0. The Morgan fingerprint density at radius 2 is 0.500 bits per heavy atom. The summed E-state index contributed by atoms with van der Waals surface area (Å²) in [4.78, 5) is 5.46. The third-order valence-electron chi connectivity index (χ3n) is 10.8. The van der Waals surface area contributed by atoms with Gasteiger partial charge in [0, 0.05) is 25.5 Å². The Morgan fingerprint density at radius 1 is 0.283 bits per heavy atom. The average Bonchev–Trinajstić information content (AvgIpc) is 3.45. The molecule has 1 heterocycles. The second-order valence-corrected chi connectivity index (χ2v) is 15.4. The van der Waals surface area contributed by atoms with Gasteiger partial charge >= 0.3 is 0 Å². The van der Waals surface area contributed by atoms with Crippen LogP contribution in [0.5, 0.6) is 0 Å². The van der Waals surface area contributed by atoms with Gasteiger partial charge in [-0.25, -0.2) is 0 Å². The largest absolute Gasteiger partial charge is 0.356 e. The van der Waals surface area contributed by atoms with E-state index in [1.165, 1.54) is 244 Å². The molecule has 2 heteroatoms. The second-order valence-electron chi connectivity index (χ2n) is 15.4. The first kappa shape index (κ1) is 43.4. The SMILES string of the molecule is CCCCCCCCCCCCCCCN1C=CN(CCCCCCCCCCCCC)C1CCCCCCCCCCCCC. The van der Waals surface area contributed by atoms with Crippen LogP contribution in [0.4, 0.5) is 0 Å². The van der Waals surface area contributed by atoms with Gasteiger partial charge in [-0.3, -0.25) is 0 Å². The Balaban J connectivity index is 2.22. The highest BCUT2D eigenvalue weighted by molar-refractivity contribution is 4.97. The molecule has 0 aromatic rings. The van der Waals surface area contributed by atoms with E-state index in [0.717, 1.165) is 0 Å². The van der Waals surface area contributed by atoms with Gasteiger partial charge in [0.2, 0.25) is 0 Å². The van der Waals surface area contributed by atoms with Crippen molar-refractivity contribution in [3.05, 3.63) is 12.4 Å². The van der Waals surface area contributed by atoms with E-state index < -0.39 is 0 Å². The summed E-state index contributed by atoms with van der Waals surface area (Å²) >= 11 is 0. The molecule has 1 atom stereocenters. The molecule has 0 amide bonds. The molecule has 0 radical (unpaired) electrons. The van der Waals surface area contributed by atoms with Crippen molar-refractivity contribution in [3.8, 4) is 0 Å². The van der Waals surface area contributed by atoms with E-state index in [2.05, 4.69) is 43.0 Å². The summed E-state index contributed by atoms with van der Waals surface area (Å²) in [5, 5.41) is 0. The highest BCUT2D eigenvalue weighted by Gasteiger charge is 2.24. The summed E-state index contributed by atoms with van der Waals surface area (Å²) in [6.07, 6.45) is 57.4. The summed E-state index contributed by atoms with van der Waals surface area (Å²) in [6.45, 7) is 9.49. The molecule has 46 heavy (non-hydrogen) atoms. The van der Waals surface area contributed by atoms with Gasteiger partial charge in [-0.2, -0.15) is 0 Å². The summed E-state index contributed by atoms with van der Waals surface area (Å²) < 4.78 is 0. The van der Waals surface area contributed by atoms with E-state index in [0.29, 0.717) is 6.17 Å². The Kier molecular flexibility index (Phi) is 33.6. The van der Waals surface area contributed by atoms with Crippen LogP contribution in [0.3, 0.4) is 0 Å². The van der Waals surface area contributed by atoms with Crippen LogP contribution in [-0.2, 0) is 0 Å². The minimum absolute atomic E-state index is 0.638. The van der Waals surface area contributed by atoms with Crippen LogP contribution in [0.2, 0.25) is 0 Å². The van der Waals surface area contributed by atoms with E-state index in [9.17, 15) is 0 Å². The summed E-state index contributed by atoms with van der Waals surface area (Å²) in [5.74, 6) is 0. The van der Waals surface area contributed by atoms with Crippen LogP contribution < -0.4 is 0 Å². The summed E-state index contributed by atoms with van der Waals surface area (Å²) in [5.41, 5.74) is 0. The number of nitrogens with zero attached hydrogens (tertiary/aromatic N) is 2. The molecule has 1 aliphatic rings. The molecule has 0 saturated carbocycles. The van der Waals surface area contributed by atoms with E-state index >= 15 is 0 Å². The van der Waals surface area contributed by atoms with Crippen molar-refractivity contribution in [1.82, 2.24) is 9.80 Å². The molecule has 0 bridgehead atoms. The van der Waals surface area contributed by atoms with Crippen LogP contribution in [-0.4, -0.2) is 29.1 Å². The van der Waals surface area contributed by atoms with E-state index in [4.69, 9.17) is 0 Å². The third kappa shape index (κ3) is 27.3. The highest BCUT2D eigenvalue weighted by atomic mass is 15.4. The molecule has 0 aromatic heterocycles. The van der Waals surface area contributed by atoms with Gasteiger partial charge in [-0.15, -0.1) is 0 Å². The van der Waals surface area contributed by atoms with Gasteiger partial charge in [-0.1, -0.05) is 226 Å². The molecule has 0 aromatic carbocycles. The minimum Gasteiger partial charge on any atom is -0.356 e. The van der Waals surface area contributed by atoms with Gasteiger partial charge < -0.3 is 9.80 Å². The normalized spacial score (nSPS) is 14.7. The Bertz CT molecular complexity index is 601. The molecule has 1 rings (SSSR count). The molecule has 0 spiro atoms. The van der Waals surface area contributed by atoms with Crippen LogP contribution in [0.1, 0.15) is 252 Å². The van der Waals surface area contributed by atoms with Crippen molar-refractivity contribution in [3.63, 3.8) is 0 Å². The molecular weight excluding hydrogens is 556 g/mol. The Hall–Kier alpha value is -0.660. The standard InChI is InChI=1S/C44H88N2/c1-4-7-10-13-16-19-22-23-26-29-32-35-38-41-46-43-42-45(40-37-34-31-28-25-21-18-15-12-9-6-3)44(46)39-36-33-30-27-24-20-17-14-11-8-5-2/h42-44H,4-41H2,1-3H3. The quantitative estimate of drug-likeness (QED) is 0.0617. The van der Waals surface area contributed by atoms with Crippen LogP contribution in [0, 0.1) is 0 Å². The molecule has 0 aliphatic carbocycles. The fourth-order valence-corrected chi connectivity index (χ4v) is 7.60. The van der Waals surface area contributed by atoms with Crippen LogP contribution >= 0.6 is 0 Å². The summed E-state index contributed by atoms with van der Waals surface area (Å²) in [6, 6.07) is 0. The number of rotatable bonds is 38. The Labute approximate surface area is 292 Å². The maximum absolute atomic E-state index is 2.73. The lowest BCUT2D eigenvalue weighted by molar-refractivity contribution is 0.135. The molecule has 1 aliphatic heterocycles. The van der Waals surface area contributed by atoms with Crippen molar-refractivity contribution in [2.45, 2.75) is 258 Å². The molecule has 274 valence electrons. The number of hydrogen-bond acceptors (Lipinski definition) is 2. The van der Waals surface area contributed by atoms with E-state index in [-0.39, 0.29) is 0 Å². The van der Waals surface area contributed by atoms with Crippen molar-refractivity contribution in [2.24, 2.45) is 0 Å². The monoisotopic (exact) mass is 645 g/mol. The maximum Gasteiger partial charge on any atom is 0.101 e. The van der Waals surface area contributed by atoms with Gasteiger partial charge in [0.05, 0.1) is 0 Å². The van der Waals surface area contributed by atoms with Crippen molar-refractivity contribution in [1.29, 1.82) is 0 Å². The predicted octanol–water partition coefficient (Wildman–Crippen LogP) is 15.5. The Morgan fingerprint density at radius 3 is 0.761 bits per heavy atom. The molecule has 0 fully saturated rings. The van der Waals surface area contributed by atoms with Gasteiger partial charge in [-0.05, 0) is 25.7 Å². The zero-order chi connectivity index (χ0) is 33.0. The predicted molar refractivity (Wildman–Crippen MR) is 210 cm³/mol. The highest BCUT2D eigenvalue weighted by Crippen LogP contribution is 2.24. The van der Waals surface area contributed by atoms with Crippen LogP contribution in [0.25, 0.3) is 0 Å². The fraction of sp³-hybridized carbons (Fsp3) is 0.955. The van der Waals surface area contributed by atoms with E-state index in [1.54, 1.807) is 0 Å². The fourth-order valence-electron chi connectivity index (χ4n) is 7.60. The average molecular weight is 645 g/mol. The topological polar surface area (TPSA) is 6.48 Å². The lowest BCUT2D eigenvalue weighted by Gasteiger charge is -2.33. The van der Waals surface area contributed by atoms with Crippen molar-refractivity contribution < 1.29 is 0 Å². The smallest absolute Gasteiger partial charge is 0.101 e. The molecular formula is C44H88N2. The molecule has 2 nitrogen and oxygen atoms in total. The van der Waals surface area contributed by atoms with Crippen molar-refractivity contribution in [2.75, 3.05) is 13.1 Å². The zero-order valence-electron chi connectivity index (χ0n) is 32.5. The van der Waals surface area contributed by atoms with Gasteiger partial charge in [0.15, 0.2) is 0 Å². The maximum atomic E-state index is 2.73. The van der Waals surface area contributed by atoms with Gasteiger partial charge in [0.25, 0.3) is 0 Å².